The molecule has 0 aromatic carbocycles. The van der Waals surface area contributed by atoms with Crippen molar-refractivity contribution in [1.29, 1.82) is 0 Å². The molecule has 2 saturated carbocycles. The molecule has 1 heterocycles. The average molecular weight is 236 g/mol. The lowest BCUT2D eigenvalue weighted by atomic mass is 9.85. The molecule has 0 unspecified atom stereocenters. The Labute approximate surface area is 104 Å². The number of carbonyl (C=O) groups is 1. The van der Waals surface area contributed by atoms with Crippen LogP contribution in [0.2, 0.25) is 0 Å². The quantitative estimate of drug-likeness (QED) is 0.807. The minimum atomic E-state index is 0.398. The molecule has 0 radical (unpaired) electrons. The van der Waals surface area contributed by atoms with E-state index < -0.39 is 0 Å². The molecule has 0 aromatic rings. The lowest BCUT2D eigenvalue weighted by Gasteiger charge is -2.34. The molecule has 3 aliphatic rings. The zero-order chi connectivity index (χ0) is 11.7. The summed E-state index contributed by atoms with van der Waals surface area (Å²) in [5, 5.41) is 3.69. The Bertz CT molecular complexity index is 276. The normalized spacial score (nSPS) is 26.9. The molecule has 0 atom stereocenters. The second-order valence-electron chi connectivity index (χ2n) is 6.08. The van der Waals surface area contributed by atoms with Crippen LogP contribution in [-0.2, 0) is 4.79 Å². The van der Waals surface area contributed by atoms with Crippen LogP contribution in [0.15, 0.2) is 0 Å². The lowest BCUT2D eigenvalue weighted by molar-refractivity contribution is -0.133. The molecule has 3 fully saturated rings. The molecule has 3 rings (SSSR count). The first kappa shape index (κ1) is 11.5. The maximum absolute atomic E-state index is 11.9. The number of hydrogen-bond acceptors (Lipinski definition) is 2. The summed E-state index contributed by atoms with van der Waals surface area (Å²) in [5.74, 6) is 1.78. The summed E-state index contributed by atoms with van der Waals surface area (Å²) in [7, 11) is 0. The van der Waals surface area contributed by atoms with Gasteiger partial charge in [0.15, 0.2) is 0 Å². The number of hydrogen-bond donors (Lipinski definition) is 1. The van der Waals surface area contributed by atoms with Gasteiger partial charge in [-0.3, -0.25) is 4.79 Å². The Morgan fingerprint density at radius 3 is 2.29 bits per heavy atom. The summed E-state index contributed by atoms with van der Waals surface area (Å²) in [6.45, 7) is 3.18. The van der Waals surface area contributed by atoms with E-state index in [1.54, 1.807) is 0 Å². The summed E-state index contributed by atoms with van der Waals surface area (Å²) >= 11 is 0. The molecule has 0 spiro atoms. The molecule has 3 heteroatoms. The zero-order valence-electron chi connectivity index (χ0n) is 10.7. The number of rotatable bonds is 4. The predicted molar refractivity (Wildman–Crippen MR) is 67.7 cm³/mol. The van der Waals surface area contributed by atoms with E-state index in [1.165, 1.54) is 25.8 Å². The van der Waals surface area contributed by atoms with Gasteiger partial charge < -0.3 is 10.2 Å². The molecule has 17 heavy (non-hydrogen) atoms. The van der Waals surface area contributed by atoms with E-state index in [2.05, 4.69) is 10.2 Å². The molecule has 1 saturated heterocycles. The molecule has 3 nitrogen and oxygen atoms in total. The third-order valence-electron chi connectivity index (χ3n) is 4.65. The van der Waals surface area contributed by atoms with Gasteiger partial charge in [0.25, 0.3) is 0 Å². The molecule has 1 N–H and O–H groups in total. The van der Waals surface area contributed by atoms with E-state index in [0.29, 0.717) is 17.9 Å². The van der Waals surface area contributed by atoms with Crippen LogP contribution in [0.4, 0.5) is 0 Å². The minimum Gasteiger partial charge on any atom is -0.342 e. The molecule has 96 valence electrons. The van der Waals surface area contributed by atoms with E-state index in [1.807, 2.05) is 0 Å². The van der Waals surface area contributed by atoms with Crippen molar-refractivity contribution in [3.63, 3.8) is 0 Å². The molecule has 0 aromatic heterocycles. The summed E-state index contributed by atoms with van der Waals surface area (Å²) < 4.78 is 0. The topological polar surface area (TPSA) is 32.3 Å². The van der Waals surface area contributed by atoms with Crippen LogP contribution in [-0.4, -0.2) is 36.5 Å². The molecule has 1 amide bonds. The van der Waals surface area contributed by atoms with Gasteiger partial charge in [0, 0.05) is 25.0 Å². The highest BCUT2D eigenvalue weighted by Gasteiger charge is 2.34. The average Bonchev–Trinajstić information content (AvgIpc) is 3.11. The summed E-state index contributed by atoms with van der Waals surface area (Å²) in [6, 6.07) is 0.666. The van der Waals surface area contributed by atoms with E-state index in [-0.39, 0.29) is 0 Å². The SMILES string of the molecule is O=C(C1CC1)N1CCC(NCC2CCC2)CC1. The Kier molecular flexibility index (Phi) is 3.37. The maximum Gasteiger partial charge on any atom is 0.225 e. The molecular formula is C14H24N2O. The Morgan fingerprint density at radius 2 is 1.76 bits per heavy atom. The third kappa shape index (κ3) is 2.82. The highest BCUT2D eigenvalue weighted by molar-refractivity contribution is 5.81. The van der Waals surface area contributed by atoms with Gasteiger partial charge in [0.05, 0.1) is 0 Å². The van der Waals surface area contributed by atoms with Crippen LogP contribution < -0.4 is 5.32 Å². The highest BCUT2D eigenvalue weighted by Crippen LogP contribution is 2.32. The molecular weight excluding hydrogens is 212 g/mol. The zero-order valence-corrected chi connectivity index (χ0v) is 10.7. The predicted octanol–water partition coefficient (Wildman–Crippen LogP) is 1.78. The summed E-state index contributed by atoms with van der Waals surface area (Å²) in [5.41, 5.74) is 0. The van der Waals surface area contributed by atoms with E-state index in [0.717, 1.165) is 44.7 Å². The second-order valence-corrected chi connectivity index (χ2v) is 6.08. The number of carbonyl (C=O) groups excluding carboxylic acids is 1. The molecule has 2 aliphatic carbocycles. The van der Waals surface area contributed by atoms with Gasteiger partial charge in [0.2, 0.25) is 5.91 Å². The second kappa shape index (κ2) is 4.97. The van der Waals surface area contributed by atoms with Gasteiger partial charge >= 0.3 is 0 Å². The van der Waals surface area contributed by atoms with Crippen LogP contribution in [0.25, 0.3) is 0 Å². The third-order valence-corrected chi connectivity index (χ3v) is 4.65. The van der Waals surface area contributed by atoms with Gasteiger partial charge in [-0.05, 0) is 51.0 Å². The van der Waals surface area contributed by atoms with Crippen LogP contribution in [0, 0.1) is 11.8 Å². The fourth-order valence-corrected chi connectivity index (χ4v) is 2.92. The number of likely N-dealkylation sites (tertiary alicyclic amines) is 1. The fourth-order valence-electron chi connectivity index (χ4n) is 2.92. The van der Waals surface area contributed by atoms with Crippen molar-refractivity contribution in [1.82, 2.24) is 10.2 Å². The van der Waals surface area contributed by atoms with Crippen LogP contribution in [0.1, 0.15) is 44.9 Å². The fraction of sp³-hybridized carbons (Fsp3) is 0.929. The van der Waals surface area contributed by atoms with Gasteiger partial charge in [-0.15, -0.1) is 0 Å². The van der Waals surface area contributed by atoms with Gasteiger partial charge in [-0.1, -0.05) is 6.42 Å². The maximum atomic E-state index is 11.9. The van der Waals surface area contributed by atoms with Crippen molar-refractivity contribution >= 4 is 5.91 Å². The smallest absolute Gasteiger partial charge is 0.225 e. The minimum absolute atomic E-state index is 0.398. The number of nitrogens with zero attached hydrogens (tertiary/aromatic N) is 1. The lowest BCUT2D eigenvalue weighted by Crippen LogP contribution is -2.46. The number of piperidine rings is 1. The first-order chi connectivity index (χ1) is 8.33. The van der Waals surface area contributed by atoms with Gasteiger partial charge in [-0.2, -0.15) is 0 Å². The Morgan fingerprint density at radius 1 is 1.06 bits per heavy atom. The summed E-state index contributed by atoms with van der Waals surface area (Å²) in [4.78, 5) is 14.0. The van der Waals surface area contributed by atoms with E-state index in [9.17, 15) is 4.79 Å². The van der Waals surface area contributed by atoms with Crippen molar-refractivity contribution in [2.24, 2.45) is 11.8 Å². The summed E-state index contributed by atoms with van der Waals surface area (Å²) in [6.07, 6.45) is 8.87. The van der Waals surface area contributed by atoms with Crippen LogP contribution in [0.3, 0.4) is 0 Å². The van der Waals surface area contributed by atoms with Crippen LogP contribution in [0.5, 0.6) is 0 Å². The van der Waals surface area contributed by atoms with Gasteiger partial charge in [-0.25, -0.2) is 0 Å². The van der Waals surface area contributed by atoms with Crippen molar-refractivity contribution in [3.8, 4) is 0 Å². The van der Waals surface area contributed by atoms with Crippen molar-refractivity contribution in [2.45, 2.75) is 51.0 Å². The van der Waals surface area contributed by atoms with E-state index >= 15 is 0 Å². The monoisotopic (exact) mass is 236 g/mol. The number of amides is 1. The van der Waals surface area contributed by atoms with Crippen molar-refractivity contribution in [2.75, 3.05) is 19.6 Å². The highest BCUT2D eigenvalue weighted by atomic mass is 16.2. The molecule has 0 bridgehead atoms. The number of nitrogens with one attached hydrogen (secondary N) is 1. The first-order valence-corrected chi connectivity index (χ1v) is 7.35. The van der Waals surface area contributed by atoms with Crippen molar-refractivity contribution < 1.29 is 4.79 Å². The largest absolute Gasteiger partial charge is 0.342 e. The van der Waals surface area contributed by atoms with E-state index in [4.69, 9.17) is 0 Å². The standard InChI is InChI=1S/C14H24N2O/c17-14(12-4-5-12)16-8-6-13(7-9-16)15-10-11-2-1-3-11/h11-13,15H,1-10H2. The Balaban J connectivity index is 1.36. The molecule has 1 aliphatic heterocycles. The van der Waals surface area contributed by atoms with Gasteiger partial charge in [0.1, 0.15) is 0 Å². The van der Waals surface area contributed by atoms with Crippen molar-refractivity contribution in [3.05, 3.63) is 0 Å². The Hall–Kier alpha value is -0.570. The first-order valence-electron chi connectivity index (χ1n) is 7.35. The van der Waals surface area contributed by atoms with Crippen LogP contribution >= 0.6 is 0 Å².